The zero-order chi connectivity index (χ0) is 18.1. The molecule has 1 spiro atoms. The second-order valence-electron chi connectivity index (χ2n) is 8.42. The molecular weight excluding hydrogens is 431 g/mol. The first kappa shape index (κ1) is 18.9. The van der Waals surface area contributed by atoms with Crippen molar-refractivity contribution in [1.82, 2.24) is 19.6 Å². The van der Waals surface area contributed by atoms with Crippen molar-refractivity contribution in [2.24, 2.45) is 5.41 Å². The number of hydrogen-bond acceptors (Lipinski definition) is 4. The van der Waals surface area contributed by atoms with E-state index >= 15 is 0 Å². The minimum absolute atomic E-state index is 0.153. The molecule has 3 heterocycles. The third-order valence-corrected chi connectivity index (χ3v) is 5.81. The van der Waals surface area contributed by atoms with Crippen molar-refractivity contribution in [3.8, 4) is 0 Å². The normalized spacial score (nSPS) is 21.0. The van der Waals surface area contributed by atoms with Crippen molar-refractivity contribution < 1.29 is 9.53 Å². The van der Waals surface area contributed by atoms with Crippen LogP contribution in [0.1, 0.15) is 40.0 Å². The van der Waals surface area contributed by atoms with Crippen LogP contribution < -0.4 is 0 Å². The van der Waals surface area contributed by atoms with E-state index in [1.54, 1.807) is 0 Å². The highest BCUT2D eigenvalue weighted by Gasteiger charge is 2.42. The van der Waals surface area contributed by atoms with Crippen molar-refractivity contribution in [3.63, 3.8) is 0 Å². The van der Waals surface area contributed by atoms with E-state index in [0.29, 0.717) is 5.41 Å². The van der Waals surface area contributed by atoms with Gasteiger partial charge in [0.2, 0.25) is 0 Å². The molecule has 140 valence electrons. The fourth-order valence-corrected chi connectivity index (χ4v) is 4.23. The van der Waals surface area contributed by atoms with Crippen LogP contribution in [-0.2, 0) is 11.3 Å². The number of carbonyl (C=O) groups excluding carboxylic acids is 1. The molecule has 1 aromatic rings. The van der Waals surface area contributed by atoms with Gasteiger partial charge in [0.15, 0.2) is 0 Å². The molecule has 0 aromatic carbocycles. The Morgan fingerprint density at radius 3 is 2.52 bits per heavy atom. The van der Waals surface area contributed by atoms with Crippen LogP contribution in [0.15, 0.2) is 12.4 Å². The van der Waals surface area contributed by atoms with Gasteiger partial charge in [-0.3, -0.25) is 4.68 Å². The molecule has 0 radical (unpaired) electrons. The van der Waals surface area contributed by atoms with Gasteiger partial charge in [-0.1, -0.05) is 0 Å². The average Bonchev–Trinajstić information content (AvgIpc) is 3.12. The molecule has 2 saturated heterocycles. The molecule has 0 aliphatic carbocycles. The minimum atomic E-state index is -0.416. The predicted molar refractivity (Wildman–Crippen MR) is 105 cm³/mol. The third-order valence-electron chi connectivity index (χ3n) is 5.25. The topological polar surface area (TPSA) is 50.6 Å². The maximum absolute atomic E-state index is 12.3. The van der Waals surface area contributed by atoms with Gasteiger partial charge in [-0.2, -0.15) is 5.10 Å². The van der Waals surface area contributed by atoms with E-state index < -0.39 is 5.60 Å². The molecule has 1 aromatic heterocycles. The van der Waals surface area contributed by atoms with E-state index in [0.717, 1.165) is 45.7 Å². The van der Waals surface area contributed by atoms with Gasteiger partial charge in [0.05, 0.1) is 16.3 Å². The highest BCUT2D eigenvalue weighted by atomic mass is 127. The smallest absolute Gasteiger partial charge is 0.410 e. The lowest BCUT2D eigenvalue weighted by molar-refractivity contribution is 0.0246. The largest absolute Gasteiger partial charge is 0.444 e. The first-order chi connectivity index (χ1) is 11.7. The molecule has 0 unspecified atom stereocenters. The maximum atomic E-state index is 12.3. The summed E-state index contributed by atoms with van der Waals surface area (Å²) in [5, 5.41) is 4.35. The molecule has 0 bridgehead atoms. The molecule has 2 fully saturated rings. The number of piperidine rings is 1. The number of aromatic nitrogens is 2. The number of ether oxygens (including phenoxy) is 1. The fraction of sp³-hybridized carbons (Fsp3) is 0.778. The average molecular weight is 460 g/mol. The molecule has 0 N–H and O–H groups in total. The van der Waals surface area contributed by atoms with Crippen LogP contribution >= 0.6 is 22.6 Å². The van der Waals surface area contributed by atoms with Gasteiger partial charge in [-0.05, 0) is 81.1 Å². The standard InChI is InChI=1S/C18H29IN4O2/c1-17(2,3)25-16(24)22-9-6-18(14-22)4-7-21(8-5-18)10-11-23-13-15(19)12-20-23/h12-13H,4-11,14H2,1-3H3. The molecule has 2 aliphatic rings. The van der Waals surface area contributed by atoms with Gasteiger partial charge >= 0.3 is 6.09 Å². The number of nitrogens with zero attached hydrogens (tertiary/aromatic N) is 4. The summed E-state index contributed by atoms with van der Waals surface area (Å²) in [7, 11) is 0. The van der Waals surface area contributed by atoms with Crippen molar-refractivity contribution in [2.75, 3.05) is 32.7 Å². The summed E-state index contributed by atoms with van der Waals surface area (Å²) in [5.74, 6) is 0. The summed E-state index contributed by atoms with van der Waals surface area (Å²) in [4.78, 5) is 16.7. The Bertz CT molecular complexity index is 602. The lowest BCUT2D eigenvalue weighted by atomic mass is 9.78. The Morgan fingerprint density at radius 2 is 1.92 bits per heavy atom. The second kappa shape index (κ2) is 7.42. The first-order valence-corrected chi connectivity index (χ1v) is 10.2. The van der Waals surface area contributed by atoms with Crippen LogP contribution in [-0.4, -0.2) is 64.0 Å². The summed E-state index contributed by atoms with van der Waals surface area (Å²) in [5.41, 5.74) is -0.116. The number of rotatable bonds is 3. The molecule has 0 atom stereocenters. The van der Waals surface area contributed by atoms with Crippen LogP contribution in [0.5, 0.6) is 0 Å². The van der Waals surface area contributed by atoms with Gasteiger partial charge in [-0.15, -0.1) is 0 Å². The quantitative estimate of drug-likeness (QED) is 0.651. The van der Waals surface area contributed by atoms with Crippen LogP contribution in [0.25, 0.3) is 0 Å². The molecule has 1 amide bonds. The lowest BCUT2D eigenvalue weighted by Crippen LogP contribution is -2.43. The van der Waals surface area contributed by atoms with Crippen LogP contribution in [0.2, 0.25) is 0 Å². The highest BCUT2D eigenvalue weighted by Crippen LogP contribution is 2.40. The lowest BCUT2D eigenvalue weighted by Gasteiger charge is -2.39. The third kappa shape index (κ3) is 5.09. The van der Waals surface area contributed by atoms with Crippen molar-refractivity contribution in [3.05, 3.63) is 16.0 Å². The van der Waals surface area contributed by atoms with Gasteiger partial charge in [0.1, 0.15) is 5.60 Å². The maximum Gasteiger partial charge on any atom is 0.410 e. The zero-order valence-electron chi connectivity index (χ0n) is 15.5. The Kier molecular flexibility index (Phi) is 5.63. The van der Waals surface area contributed by atoms with E-state index in [9.17, 15) is 4.79 Å². The number of hydrogen-bond donors (Lipinski definition) is 0. The van der Waals surface area contributed by atoms with Gasteiger partial charge in [-0.25, -0.2) is 4.79 Å². The molecule has 3 rings (SSSR count). The van der Waals surface area contributed by atoms with Gasteiger partial charge < -0.3 is 14.5 Å². The second-order valence-corrected chi connectivity index (χ2v) is 9.66. The van der Waals surface area contributed by atoms with E-state index in [1.165, 1.54) is 16.4 Å². The van der Waals surface area contributed by atoms with Crippen molar-refractivity contribution in [1.29, 1.82) is 0 Å². The number of amides is 1. The minimum Gasteiger partial charge on any atom is -0.444 e. The Morgan fingerprint density at radius 1 is 1.24 bits per heavy atom. The molecular formula is C18H29IN4O2. The first-order valence-electron chi connectivity index (χ1n) is 9.13. The SMILES string of the molecule is CC(C)(C)OC(=O)N1CCC2(CCN(CCn3cc(I)cn3)CC2)C1. The molecule has 25 heavy (non-hydrogen) atoms. The molecule has 0 saturated carbocycles. The van der Waals surface area contributed by atoms with Crippen LogP contribution in [0.3, 0.4) is 0 Å². The monoisotopic (exact) mass is 460 g/mol. The number of carbonyl (C=O) groups is 1. The Labute approximate surface area is 164 Å². The van der Waals surface area contributed by atoms with E-state index in [1.807, 2.05) is 36.5 Å². The van der Waals surface area contributed by atoms with Crippen LogP contribution in [0, 0.1) is 8.99 Å². The summed E-state index contributed by atoms with van der Waals surface area (Å²) < 4.78 is 8.74. The zero-order valence-corrected chi connectivity index (χ0v) is 17.7. The molecule has 7 heteroatoms. The predicted octanol–water partition coefficient (Wildman–Crippen LogP) is 3.21. The van der Waals surface area contributed by atoms with Gasteiger partial charge in [0, 0.05) is 25.8 Å². The summed E-state index contributed by atoms with van der Waals surface area (Å²) in [6, 6.07) is 0. The highest BCUT2D eigenvalue weighted by molar-refractivity contribution is 14.1. The Balaban J connectivity index is 1.45. The van der Waals surface area contributed by atoms with E-state index in [-0.39, 0.29) is 6.09 Å². The van der Waals surface area contributed by atoms with E-state index in [2.05, 4.69) is 38.8 Å². The fourth-order valence-electron chi connectivity index (χ4n) is 3.78. The number of halogens is 1. The number of likely N-dealkylation sites (tertiary alicyclic amines) is 2. The molecule has 6 nitrogen and oxygen atoms in total. The molecule has 2 aliphatic heterocycles. The van der Waals surface area contributed by atoms with Crippen molar-refractivity contribution in [2.45, 2.75) is 52.2 Å². The summed E-state index contributed by atoms with van der Waals surface area (Å²) in [6.45, 7) is 11.7. The summed E-state index contributed by atoms with van der Waals surface area (Å²) in [6.07, 6.45) is 7.28. The Hall–Kier alpha value is -0.830. The van der Waals surface area contributed by atoms with Crippen molar-refractivity contribution >= 4 is 28.7 Å². The van der Waals surface area contributed by atoms with E-state index in [4.69, 9.17) is 4.74 Å². The van der Waals surface area contributed by atoms with Gasteiger partial charge in [0.25, 0.3) is 0 Å². The summed E-state index contributed by atoms with van der Waals surface area (Å²) >= 11 is 2.29. The van der Waals surface area contributed by atoms with Crippen LogP contribution in [0.4, 0.5) is 4.79 Å².